The van der Waals surface area contributed by atoms with Crippen LogP contribution in [0.25, 0.3) is 0 Å². The van der Waals surface area contributed by atoms with Gasteiger partial charge in [-0.25, -0.2) is 13.2 Å². The van der Waals surface area contributed by atoms with Crippen LogP contribution in [0, 0.1) is 17.5 Å². The summed E-state index contributed by atoms with van der Waals surface area (Å²) in [5.74, 6) is -4.15. The number of carbonyl (C=O) groups excluding carboxylic acids is 2. The van der Waals surface area contributed by atoms with Crippen LogP contribution in [-0.4, -0.2) is 25.4 Å². The van der Waals surface area contributed by atoms with Gasteiger partial charge >= 0.3 is 0 Å². The number of anilines is 1. The molecule has 2 aromatic rings. The van der Waals surface area contributed by atoms with E-state index in [1.54, 1.807) is 18.2 Å². The van der Waals surface area contributed by atoms with Crippen LogP contribution in [0.3, 0.4) is 0 Å². The minimum absolute atomic E-state index is 0.0339. The zero-order valence-electron chi connectivity index (χ0n) is 15.3. The second-order valence-corrected chi connectivity index (χ2v) is 5.77. The molecule has 6 nitrogen and oxygen atoms in total. The maximum absolute atomic E-state index is 13.5. The Labute approximate surface area is 159 Å². The van der Waals surface area contributed by atoms with Crippen molar-refractivity contribution in [3.8, 4) is 11.5 Å². The van der Waals surface area contributed by atoms with Crippen LogP contribution < -0.4 is 20.3 Å². The highest BCUT2D eigenvalue weighted by atomic mass is 19.2. The molecule has 0 fully saturated rings. The predicted molar refractivity (Wildman–Crippen MR) is 95.8 cm³/mol. The summed E-state index contributed by atoms with van der Waals surface area (Å²) >= 11 is 0. The summed E-state index contributed by atoms with van der Waals surface area (Å²) in [6.45, 7) is 1.62. The van der Waals surface area contributed by atoms with Crippen LogP contribution >= 0.6 is 0 Å². The first-order chi connectivity index (χ1) is 13.3. The van der Waals surface area contributed by atoms with Crippen molar-refractivity contribution < 1.29 is 32.2 Å². The molecule has 2 aromatic carbocycles. The lowest BCUT2D eigenvalue weighted by atomic mass is 10.1. The second kappa shape index (κ2) is 9.63. The summed E-state index contributed by atoms with van der Waals surface area (Å²) in [5.41, 5.74) is 4.49. The van der Waals surface area contributed by atoms with E-state index in [4.69, 9.17) is 9.47 Å². The fourth-order valence-electron chi connectivity index (χ4n) is 2.24. The highest BCUT2D eigenvalue weighted by Crippen LogP contribution is 2.28. The minimum atomic E-state index is -1.63. The van der Waals surface area contributed by atoms with E-state index in [2.05, 4.69) is 10.9 Å². The van der Waals surface area contributed by atoms with E-state index in [9.17, 15) is 22.8 Å². The molecule has 0 aromatic heterocycles. The Kier molecular flexibility index (Phi) is 7.25. The summed E-state index contributed by atoms with van der Waals surface area (Å²) in [6, 6.07) is 6.47. The number of hydrogen-bond acceptors (Lipinski definition) is 5. The summed E-state index contributed by atoms with van der Waals surface area (Å²) in [7, 11) is 1.45. The van der Waals surface area contributed by atoms with Gasteiger partial charge in [-0.05, 0) is 43.7 Å². The normalized spacial score (nSPS) is 10.3. The van der Waals surface area contributed by atoms with Gasteiger partial charge < -0.3 is 9.47 Å². The van der Waals surface area contributed by atoms with Crippen LogP contribution in [0.1, 0.15) is 30.1 Å². The molecule has 1 amide bonds. The van der Waals surface area contributed by atoms with Crippen LogP contribution in [-0.2, 0) is 4.79 Å². The molecule has 0 aliphatic rings. The van der Waals surface area contributed by atoms with E-state index < -0.39 is 29.0 Å². The van der Waals surface area contributed by atoms with Crippen molar-refractivity contribution in [2.45, 2.75) is 19.8 Å². The number of carbonyl (C=O) groups is 2. The van der Waals surface area contributed by atoms with Crippen LogP contribution in [0.15, 0.2) is 30.3 Å². The topological polar surface area (TPSA) is 76.7 Å². The number of hydrazine groups is 1. The molecule has 28 heavy (non-hydrogen) atoms. The van der Waals surface area contributed by atoms with Gasteiger partial charge in [0.1, 0.15) is 0 Å². The van der Waals surface area contributed by atoms with Gasteiger partial charge in [0.25, 0.3) is 0 Å². The van der Waals surface area contributed by atoms with Crippen LogP contribution in [0.5, 0.6) is 11.5 Å². The average molecular weight is 396 g/mol. The Morgan fingerprint density at radius 1 is 1.04 bits per heavy atom. The summed E-state index contributed by atoms with van der Waals surface area (Å²) < 4.78 is 50.1. The number of rotatable bonds is 9. The highest BCUT2D eigenvalue weighted by Gasteiger charge is 2.14. The quantitative estimate of drug-likeness (QED) is 0.293. The molecule has 150 valence electrons. The van der Waals surface area contributed by atoms with Crippen molar-refractivity contribution in [2.24, 2.45) is 0 Å². The molecule has 9 heteroatoms. The molecule has 0 bridgehead atoms. The summed E-state index contributed by atoms with van der Waals surface area (Å²) in [5, 5.41) is 0. The number of benzene rings is 2. The van der Waals surface area contributed by atoms with Gasteiger partial charge in [0.15, 0.2) is 34.7 Å². The molecule has 0 unspecified atom stereocenters. The molecule has 2 rings (SSSR count). The Balaban J connectivity index is 1.79. The Morgan fingerprint density at radius 2 is 1.79 bits per heavy atom. The van der Waals surface area contributed by atoms with E-state index in [0.29, 0.717) is 23.5 Å². The molecular formula is C19H19F3N2O4. The SMILES string of the molecule is COc1cc(C(C)=O)ccc1OCCCC(=O)NNc1ccc(F)c(F)c1F. The van der Waals surface area contributed by atoms with Gasteiger partial charge in [-0.1, -0.05) is 0 Å². The smallest absolute Gasteiger partial charge is 0.238 e. The Hall–Kier alpha value is -3.23. The van der Waals surface area contributed by atoms with E-state index in [0.717, 1.165) is 12.1 Å². The van der Waals surface area contributed by atoms with Gasteiger partial charge in [0, 0.05) is 12.0 Å². The zero-order chi connectivity index (χ0) is 20.7. The lowest BCUT2D eigenvalue weighted by Crippen LogP contribution is -2.30. The number of ether oxygens (including phenoxy) is 2. The first-order valence-corrected chi connectivity index (χ1v) is 8.33. The van der Waals surface area contributed by atoms with Gasteiger partial charge in [-0.3, -0.25) is 20.4 Å². The molecule has 2 N–H and O–H groups in total. The van der Waals surface area contributed by atoms with Gasteiger partial charge in [0.2, 0.25) is 5.91 Å². The standard InChI is InChI=1S/C19H19F3N2O4/c1-11(25)12-5-8-15(16(10-12)27-2)28-9-3-4-17(26)24-23-14-7-6-13(20)18(21)19(14)22/h5-8,10,23H,3-4,9H2,1-2H3,(H,24,26). The number of Topliss-reactive ketones (excluding diaryl/α,β-unsaturated/α-hetero) is 1. The van der Waals surface area contributed by atoms with Crippen molar-refractivity contribution in [3.05, 3.63) is 53.3 Å². The van der Waals surface area contributed by atoms with E-state index in [-0.39, 0.29) is 18.8 Å². The van der Waals surface area contributed by atoms with E-state index >= 15 is 0 Å². The van der Waals surface area contributed by atoms with Crippen molar-refractivity contribution in [2.75, 3.05) is 19.1 Å². The monoisotopic (exact) mass is 396 g/mol. The zero-order valence-corrected chi connectivity index (χ0v) is 15.3. The van der Waals surface area contributed by atoms with Crippen molar-refractivity contribution in [1.82, 2.24) is 5.43 Å². The highest BCUT2D eigenvalue weighted by molar-refractivity contribution is 5.94. The molecule has 0 saturated heterocycles. The Morgan fingerprint density at radius 3 is 2.46 bits per heavy atom. The average Bonchev–Trinajstić information content (AvgIpc) is 2.68. The van der Waals surface area contributed by atoms with Crippen molar-refractivity contribution in [1.29, 1.82) is 0 Å². The molecule has 0 saturated carbocycles. The molecule has 0 aliphatic carbocycles. The molecule has 0 heterocycles. The summed E-state index contributed by atoms with van der Waals surface area (Å²) in [6.07, 6.45) is 0.359. The maximum atomic E-state index is 13.5. The predicted octanol–water partition coefficient (Wildman–Crippen LogP) is 3.62. The van der Waals surface area contributed by atoms with E-state index in [1.807, 2.05) is 0 Å². The summed E-state index contributed by atoms with van der Waals surface area (Å²) in [4.78, 5) is 23.1. The first kappa shape index (κ1) is 21.1. The van der Waals surface area contributed by atoms with Gasteiger partial charge in [0.05, 0.1) is 19.4 Å². The number of amides is 1. The molecular weight excluding hydrogens is 377 g/mol. The second-order valence-electron chi connectivity index (χ2n) is 5.77. The third kappa shape index (κ3) is 5.38. The fourth-order valence-corrected chi connectivity index (χ4v) is 2.24. The number of nitrogens with one attached hydrogen (secondary N) is 2. The van der Waals surface area contributed by atoms with Crippen molar-refractivity contribution >= 4 is 17.4 Å². The van der Waals surface area contributed by atoms with Crippen LogP contribution in [0.4, 0.5) is 18.9 Å². The Bertz CT molecular complexity index is 874. The lowest BCUT2D eigenvalue weighted by molar-refractivity contribution is -0.120. The van der Waals surface area contributed by atoms with E-state index in [1.165, 1.54) is 14.0 Å². The van der Waals surface area contributed by atoms with Gasteiger partial charge in [-0.15, -0.1) is 0 Å². The number of hydrogen-bond donors (Lipinski definition) is 2. The van der Waals surface area contributed by atoms with Crippen molar-refractivity contribution in [3.63, 3.8) is 0 Å². The number of methoxy groups -OCH3 is 1. The molecule has 0 radical (unpaired) electrons. The molecule has 0 spiro atoms. The molecule has 0 atom stereocenters. The third-order valence-electron chi connectivity index (χ3n) is 3.75. The first-order valence-electron chi connectivity index (χ1n) is 8.33. The maximum Gasteiger partial charge on any atom is 0.238 e. The van der Waals surface area contributed by atoms with Gasteiger partial charge in [-0.2, -0.15) is 0 Å². The minimum Gasteiger partial charge on any atom is -0.493 e. The molecule has 0 aliphatic heterocycles. The lowest BCUT2D eigenvalue weighted by Gasteiger charge is -2.12. The third-order valence-corrected chi connectivity index (χ3v) is 3.75. The largest absolute Gasteiger partial charge is 0.493 e. The number of ketones is 1. The van der Waals surface area contributed by atoms with Crippen LogP contribution in [0.2, 0.25) is 0 Å². The number of halogens is 3. The fraction of sp³-hybridized carbons (Fsp3) is 0.263.